The fraction of sp³-hybridized carbons (Fsp3) is 0.421. The number of hydrogen-bond donors (Lipinski definition) is 2. The molecule has 0 aliphatic carbocycles. The zero-order chi connectivity index (χ0) is 17.5. The number of piperidine rings is 1. The molecule has 0 saturated carbocycles. The molecule has 0 bridgehead atoms. The lowest BCUT2D eigenvalue weighted by Crippen LogP contribution is -2.41. The molecule has 0 radical (unpaired) electrons. The van der Waals surface area contributed by atoms with Crippen molar-refractivity contribution in [3.63, 3.8) is 0 Å². The summed E-state index contributed by atoms with van der Waals surface area (Å²) < 4.78 is 0. The van der Waals surface area contributed by atoms with Crippen molar-refractivity contribution in [2.75, 3.05) is 13.1 Å². The number of carbonyl (C=O) groups excluding carboxylic acids is 1. The molecule has 1 fully saturated rings. The number of nitrogens with zero attached hydrogens (tertiary/aromatic N) is 2. The molecule has 1 saturated heterocycles. The normalized spacial score (nSPS) is 18.0. The third kappa shape index (κ3) is 5.00. The van der Waals surface area contributed by atoms with Crippen LogP contribution in [0.3, 0.4) is 0 Å². The van der Waals surface area contributed by atoms with E-state index in [0.717, 1.165) is 32.1 Å². The van der Waals surface area contributed by atoms with Gasteiger partial charge in [-0.15, -0.1) is 0 Å². The van der Waals surface area contributed by atoms with Gasteiger partial charge in [0.1, 0.15) is 5.69 Å². The summed E-state index contributed by atoms with van der Waals surface area (Å²) in [7, 11) is 0. The third-order valence-electron chi connectivity index (χ3n) is 4.64. The standard InChI is InChI=1S/C19H24N4O2/c24-18-13-20-12-17(22-18)19(25)21-10-9-16-8-4-5-11-23(16)14-15-6-2-1-3-7-15/h1-3,6-7,12-13,16H,4-5,8-11,14H2,(H,21,25)(H,22,24). The first-order chi connectivity index (χ1) is 12.2. The Labute approximate surface area is 147 Å². The van der Waals surface area contributed by atoms with Crippen LogP contribution in [0.2, 0.25) is 0 Å². The van der Waals surface area contributed by atoms with E-state index in [-0.39, 0.29) is 17.2 Å². The van der Waals surface area contributed by atoms with Crippen LogP contribution in [0.5, 0.6) is 0 Å². The van der Waals surface area contributed by atoms with Crippen LogP contribution in [-0.4, -0.2) is 39.9 Å². The van der Waals surface area contributed by atoms with Crippen LogP contribution in [0, 0.1) is 0 Å². The van der Waals surface area contributed by atoms with Crippen LogP contribution in [0.1, 0.15) is 41.7 Å². The zero-order valence-electron chi connectivity index (χ0n) is 14.3. The van der Waals surface area contributed by atoms with Crippen molar-refractivity contribution in [1.82, 2.24) is 20.2 Å². The second-order valence-electron chi connectivity index (χ2n) is 6.46. The van der Waals surface area contributed by atoms with Crippen LogP contribution >= 0.6 is 0 Å². The molecule has 1 aromatic heterocycles. The van der Waals surface area contributed by atoms with E-state index in [1.807, 2.05) is 6.07 Å². The lowest BCUT2D eigenvalue weighted by atomic mass is 9.98. The van der Waals surface area contributed by atoms with Crippen molar-refractivity contribution in [3.05, 3.63) is 64.3 Å². The second kappa shape index (κ2) is 8.58. The molecule has 6 nitrogen and oxygen atoms in total. The maximum absolute atomic E-state index is 12.1. The first-order valence-corrected chi connectivity index (χ1v) is 8.83. The molecular formula is C19H24N4O2. The minimum Gasteiger partial charge on any atom is -0.351 e. The van der Waals surface area contributed by atoms with Gasteiger partial charge in [-0.05, 0) is 31.4 Å². The summed E-state index contributed by atoms with van der Waals surface area (Å²) in [5.74, 6) is -0.282. The molecule has 1 unspecified atom stereocenters. The van der Waals surface area contributed by atoms with Gasteiger partial charge in [-0.2, -0.15) is 0 Å². The molecule has 2 aromatic rings. The highest BCUT2D eigenvalue weighted by Gasteiger charge is 2.22. The van der Waals surface area contributed by atoms with E-state index < -0.39 is 0 Å². The minimum atomic E-state index is -0.367. The van der Waals surface area contributed by atoms with Gasteiger partial charge in [0.25, 0.3) is 11.5 Å². The van der Waals surface area contributed by atoms with E-state index >= 15 is 0 Å². The second-order valence-corrected chi connectivity index (χ2v) is 6.46. The fourth-order valence-corrected chi connectivity index (χ4v) is 3.35. The highest BCUT2D eigenvalue weighted by molar-refractivity contribution is 5.91. The number of aromatic amines is 1. The van der Waals surface area contributed by atoms with Crippen LogP contribution in [0.15, 0.2) is 47.5 Å². The van der Waals surface area contributed by atoms with Gasteiger partial charge in [0.15, 0.2) is 0 Å². The molecule has 6 heteroatoms. The maximum atomic E-state index is 12.1. The van der Waals surface area contributed by atoms with Crippen molar-refractivity contribution in [2.45, 2.75) is 38.3 Å². The molecule has 2 heterocycles. The van der Waals surface area contributed by atoms with Gasteiger partial charge in [-0.25, -0.2) is 0 Å². The zero-order valence-corrected chi connectivity index (χ0v) is 14.3. The van der Waals surface area contributed by atoms with Crippen molar-refractivity contribution in [2.24, 2.45) is 0 Å². The van der Waals surface area contributed by atoms with E-state index in [2.05, 4.69) is 44.5 Å². The van der Waals surface area contributed by atoms with Crippen molar-refractivity contribution in [1.29, 1.82) is 0 Å². The van der Waals surface area contributed by atoms with Crippen LogP contribution in [-0.2, 0) is 6.54 Å². The van der Waals surface area contributed by atoms with Crippen LogP contribution in [0.4, 0.5) is 0 Å². The molecule has 1 aromatic carbocycles. The topological polar surface area (TPSA) is 78.1 Å². The van der Waals surface area contributed by atoms with Gasteiger partial charge in [-0.3, -0.25) is 19.5 Å². The average molecular weight is 340 g/mol. The molecule has 3 rings (SSSR count). The Bertz CT molecular complexity index is 744. The number of likely N-dealkylation sites (tertiary alicyclic amines) is 1. The molecule has 1 atom stereocenters. The lowest BCUT2D eigenvalue weighted by Gasteiger charge is -2.36. The van der Waals surface area contributed by atoms with E-state index in [1.165, 1.54) is 24.6 Å². The SMILES string of the molecule is O=C(NCCC1CCCCN1Cc1ccccc1)c1cncc(=O)[nH]1. The number of aromatic nitrogens is 2. The number of rotatable bonds is 6. The number of carbonyl (C=O) groups is 1. The first-order valence-electron chi connectivity index (χ1n) is 8.83. The number of amides is 1. The Hall–Kier alpha value is -2.47. The fourth-order valence-electron chi connectivity index (χ4n) is 3.35. The van der Waals surface area contributed by atoms with Crippen molar-refractivity contribution >= 4 is 5.91 Å². The van der Waals surface area contributed by atoms with Crippen molar-refractivity contribution in [3.8, 4) is 0 Å². The molecule has 132 valence electrons. The quantitative estimate of drug-likeness (QED) is 0.842. The van der Waals surface area contributed by atoms with Crippen LogP contribution in [0.25, 0.3) is 0 Å². The minimum absolute atomic E-state index is 0.206. The highest BCUT2D eigenvalue weighted by atomic mass is 16.2. The summed E-state index contributed by atoms with van der Waals surface area (Å²) in [4.78, 5) is 32.1. The summed E-state index contributed by atoms with van der Waals surface area (Å²) in [5.41, 5.74) is 1.16. The number of H-pyrrole nitrogens is 1. The lowest BCUT2D eigenvalue weighted by molar-refractivity contribution is 0.0931. The Morgan fingerprint density at radius 2 is 2.08 bits per heavy atom. The number of hydrogen-bond acceptors (Lipinski definition) is 4. The van der Waals surface area contributed by atoms with Crippen molar-refractivity contribution < 1.29 is 4.79 Å². The number of nitrogens with one attached hydrogen (secondary N) is 2. The first kappa shape index (κ1) is 17.4. The molecular weight excluding hydrogens is 316 g/mol. The molecule has 0 spiro atoms. The van der Waals surface area contributed by atoms with E-state index in [0.29, 0.717) is 12.6 Å². The summed E-state index contributed by atoms with van der Waals surface area (Å²) >= 11 is 0. The van der Waals surface area contributed by atoms with Gasteiger partial charge in [0.2, 0.25) is 0 Å². The predicted molar refractivity (Wildman–Crippen MR) is 96.3 cm³/mol. The van der Waals surface area contributed by atoms with Gasteiger partial charge < -0.3 is 10.3 Å². The smallest absolute Gasteiger partial charge is 0.269 e. The number of benzene rings is 1. The van der Waals surface area contributed by atoms with Gasteiger partial charge in [0, 0.05) is 19.1 Å². The largest absolute Gasteiger partial charge is 0.351 e. The van der Waals surface area contributed by atoms with Gasteiger partial charge >= 0.3 is 0 Å². The molecule has 1 aliphatic heterocycles. The van der Waals surface area contributed by atoms with E-state index in [1.54, 1.807) is 0 Å². The maximum Gasteiger partial charge on any atom is 0.269 e. The summed E-state index contributed by atoms with van der Waals surface area (Å²) in [5, 5.41) is 2.88. The monoisotopic (exact) mass is 340 g/mol. The van der Waals surface area contributed by atoms with E-state index in [9.17, 15) is 9.59 Å². The Balaban J connectivity index is 1.52. The Morgan fingerprint density at radius 3 is 2.88 bits per heavy atom. The molecule has 1 amide bonds. The highest BCUT2D eigenvalue weighted by Crippen LogP contribution is 2.21. The predicted octanol–water partition coefficient (Wildman–Crippen LogP) is 1.94. The summed E-state index contributed by atoms with van der Waals surface area (Å²) in [6.07, 6.45) is 7.06. The molecule has 2 N–H and O–H groups in total. The van der Waals surface area contributed by atoms with Gasteiger partial charge in [0.05, 0.1) is 12.4 Å². The van der Waals surface area contributed by atoms with Gasteiger partial charge in [-0.1, -0.05) is 36.8 Å². The third-order valence-corrected chi connectivity index (χ3v) is 4.64. The summed E-state index contributed by atoms with van der Waals surface area (Å²) in [6, 6.07) is 11.0. The Kier molecular flexibility index (Phi) is 5.95. The molecule has 25 heavy (non-hydrogen) atoms. The average Bonchev–Trinajstić information content (AvgIpc) is 2.64. The molecule has 1 aliphatic rings. The van der Waals surface area contributed by atoms with Crippen LogP contribution < -0.4 is 10.9 Å². The summed E-state index contributed by atoms with van der Waals surface area (Å²) in [6.45, 7) is 2.64. The Morgan fingerprint density at radius 1 is 1.24 bits per heavy atom. The van der Waals surface area contributed by atoms with E-state index in [4.69, 9.17) is 0 Å².